The van der Waals surface area contributed by atoms with E-state index in [2.05, 4.69) is 66.1 Å². The number of aryl methyl sites for hydroxylation is 1. The molecule has 168 valence electrons. The van der Waals surface area contributed by atoms with E-state index in [0.717, 1.165) is 56.8 Å². The molecule has 32 heavy (non-hydrogen) atoms. The molecule has 0 unspecified atom stereocenters. The topological polar surface area (TPSA) is 57.9 Å². The standard InChI is InChI=1S/C25H32N6O/c1-20-27-11-12-31(20)19-22-6-4-5-21(17-22)18-28-25(26-2)30-15-13-29(14-16-30)23-7-9-24(32-3)10-8-23/h4-12,17H,13-16,18-19H2,1-3H3,(H,26,28). The Morgan fingerprint density at radius 3 is 2.47 bits per heavy atom. The van der Waals surface area contributed by atoms with Crippen molar-refractivity contribution in [2.24, 2.45) is 4.99 Å². The summed E-state index contributed by atoms with van der Waals surface area (Å²) in [6, 6.07) is 17.0. The Bertz CT molecular complexity index is 1030. The van der Waals surface area contributed by atoms with Gasteiger partial charge in [-0.05, 0) is 42.3 Å². The zero-order chi connectivity index (χ0) is 22.3. The van der Waals surface area contributed by atoms with Gasteiger partial charge in [0.05, 0.1) is 7.11 Å². The molecule has 4 rings (SSSR count). The molecule has 0 spiro atoms. The maximum atomic E-state index is 5.27. The molecule has 3 aromatic rings. The maximum absolute atomic E-state index is 5.27. The number of hydrogen-bond acceptors (Lipinski definition) is 4. The number of benzene rings is 2. The van der Waals surface area contributed by atoms with Crippen LogP contribution in [0.15, 0.2) is 65.9 Å². The van der Waals surface area contributed by atoms with Crippen LogP contribution in [0.4, 0.5) is 5.69 Å². The lowest BCUT2D eigenvalue weighted by Gasteiger charge is -2.37. The Balaban J connectivity index is 1.30. The second kappa shape index (κ2) is 10.2. The molecule has 1 N–H and O–H groups in total. The molecule has 7 heteroatoms. The third-order valence-corrected chi connectivity index (χ3v) is 5.95. The smallest absolute Gasteiger partial charge is 0.194 e. The summed E-state index contributed by atoms with van der Waals surface area (Å²) >= 11 is 0. The molecule has 2 heterocycles. The number of piperazine rings is 1. The number of aromatic nitrogens is 2. The van der Waals surface area contributed by atoms with Gasteiger partial charge in [-0.1, -0.05) is 24.3 Å². The molecule has 0 atom stereocenters. The second-order valence-electron chi connectivity index (χ2n) is 8.00. The van der Waals surface area contributed by atoms with Crippen molar-refractivity contribution in [2.75, 3.05) is 45.2 Å². The number of nitrogens with one attached hydrogen (secondary N) is 1. The zero-order valence-corrected chi connectivity index (χ0v) is 19.2. The van der Waals surface area contributed by atoms with Gasteiger partial charge in [-0.2, -0.15) is 0 Å². The molecule has 1 fully saturated rings. The summed E-state index contributed by atoms with van der Waals surface area (Å²) in [7, 11) is 3.56. The number of rotatable bonds is 6. The quantitative estimate of drug-likeness (QED) is 0.479. The normalized spacial score (nSPS) is 14.5. The summed E-state index contributed by atoms with van der Waals surface area (Å²) in [4.78, 5) is 13.6. The average Bonchev–Trinajstić information content (AvgIpc) is 3.24. The summed E-state index contributed by atoms with van der Waals surface area (Å²) in [5.41, 5.74) is 3.75. The van der Waals surface area contributed by atoms with E-state index in [-0.39, 0.29) is 0 Å². The summed E-state index contributed by atoms with van der Waals surface area (Å²) in [6.45, 7) is 7.42. The van der Waals surface area contributed by atoms with E-state index < -0.39 is 0 Å². The molecule has 1 saturated heterocycles. The molecule has 1 aliphatic rings. The Hall–Kier alpha value is -3.48. The third-order valence-electron chi connectivity index (χ3n) is 5.95. The van der Waals surface area contributed by atoms with E-state index >= 15 is 0 Å². The number of guanidine groups is 1. The van der Waals surface area contributed by atoms with Gasteiger partial charge in [0.25, 0.3) is 0 Å². The Morgan fingerprint density at radius 1 is 1.06 bits per heavy atom. The van der Waals surface area contributed by atoms with Crippen LogP contribution in [-0.2, 0) is 13.1 Å². The molecule has 0 amide bonds. The van der Waals surface area contributed by atoms with Crippen molar-refractivity contribution in [2.45, 2.75) is 20.0 Å². The molecular formula is C25H32N6O. The van der Waals surface area contributed by atoms with Gasteiger partial charge in [-0.25, -0.2) is 4.98 Å². The average molecular weight is 433 g/mol. The molecular weight excluding hydrogens is 400 g/mol. The predicted molar refractivity (Wildman–Crippen MR) is 129 cm³/mol. The number of methoxy groups -OCH3 is 1. The van der Waals surface area contributed by atoms with Gasteiger partial charge in [0.15, 0.2) is 5.96 Å². The Kier molecular flexibility index (Phi) is 6.94. The van der Waals surface area contributed by atoms with Crippen molar-refractivity contribution >= 4 is 11.6 Å². The highest BCUT2D eigenvalue weighted by Gasteiger charge is 2.19. The highest BCUT2D eigenvalue weighted by molar-refractivity contribution is 5.80. The van der Waals surface area contributed by atoms with Crippen molar-refractivity contribution < 1.29 is 4.74 Å². The van der Waals surface area contributed by atoms with E-state index in [9.17, 15) is 0 Å². The summed E-state index contributed by atoms with van der Waals surface area (Å²) in [6.07, 6.45) is 3.87. The Morgan fingerprint density at radius 2 is 1.81 bits per heavy atom. The lowest BCUT2D eigenvalue weighted by Crippen LogP contribution is -2.52. The van der Waals surface area contributed by atoms with Gasteiger partial charge >= 0.3 is 0 Å². The van der Waals surface area contributed by atoms with Crippen LogP contribution in [0, 0.1) is 6.92 Å². The van der Waals surface area contributed by atoms with Crippen molar-refractivity contribution in [3.05, 3.63) is 77.9 Å². The van der Waals surface area contributed by atoms with Gasteiger partial charge < -0.3 is 24.4 Å². The highest BCUT2D eigenvalue weighted by atomic mass is 16.5. The second-order valence-corrected chi connectivity index (χ2v) is 8.00. The van der Waals surface area contributed by atoms with E-state index in [1.54, 1.807) is 7.11 Å². The molecule has 0 radical (unpaired) electrons. The molecule has 1 aromatic heterocycles. The van der Waals surface area contributed by atoms with Crippen LogP contribution >= 0.6 is 0 Å². The van der Waals surface area contributed by atoms with Crippen molar-refractivity contribution in [1.29, 1.82) is 0 Å². The van der Waals surface area contributed by atoms with E-state index in [0.29, 0.717) is 0 Å². The first kappa shape index (κ1) is 21.7. The SMILES string of the molecule is CN=C(NCc1cccc(Cn2ccnc2C)c1)N1CCN(c2ccc(OC)cc2)CC1. The fourth-order valence-electron chi connectivity index (χ4n) is 4.09. The first-order valence-corrected chi connectivity index (χ1v) is 11.1. The van der Waals surface area contributed by atoms with Gasteiger partial charge in [0.1, 0.15) is 11.6 Å². The van der Waals surface area contributed by atoms with Crippen molar-refractivity contribution in [3.8, 4) is 5.75 Å². The van der Waals surface area contributed by atoms with Crippen LogP contribution in [0.1, 0.15) is 17.0 Å². The molecule has 0 saturated carbocycles. The minimum atomic E-state index is 0.752. The first-order valence-electron chi connectivity index (χ1n) is 11.1. The minimum Gasteiger partial charge on any atom is -0.497 e. The number of ether oxygens (including phenoxy) is 1. The molecule has 0 bridgehead atoms. The van der Waals surface area contributed by atoms with Crippen LogP contribution in [0.5, 0.6) is 5.75 Å². The van der Waals surface area contributed by atoms with Crippen LogP contribution in [0.25, 0.3) is 0 Å². The zero-order valence-electron chi connectivity index (χ0n) is 19.2. The fourth-order valence-corrected chi connectivity index (χ4v) is 4.09. The van der Waals surface area contributed by atoms with Crippen molar-refractivity contribution in [3.63, 3.8) is 0 Å². The van der Waals surface area contributed by atoms with Gasteiger partial charge in [-0.15, -0.1) is 0 Å². The first-order chi connectivity index (χ1) is 15.7. The number of imidazole rings is 1. The van der Waals surface area contributed by atoms with Crippen LogP contribution in [-0.4, -0.2) is 60.7 Å². The van der Waals surface area contributed by atoms with Crippen LogP contribution < -0.4 is 15.0 Å². The van der Waals surface area contributed by atoms with Gasteiger partial charge in [-0.3, -0.25) is 4.99 Å². The monoisotopic (exact) mass is 432 g/mol. The maximum Gasteiger partial charge on any atom is 0.194 e. The summed E-state index contributed by atoms with van der Waals surface area (Å²) < 4.78 is 7.43. The van der Waals surface area contributed by atoms with Gasteiger partial charge in [0.2, 0.25) is 0 Å². The van der Waals surface area contributed by atoms with Crippen molar-refractivity contribution in [1.82, 2.24) is 19.8 Å². The largest absolute Gasteiger partial charge is 0.497 e. The molecule has 0 aliphatic carbocycles. The third kappa shape index (κ3) is 5.22. The van der Waals surface area contributed by atoms with Gasteiger partial charge in [0, 0.05) is 64.4 Å². The number of hydrogen-bond donors (Lipinski definition) is 1. The van der Waals surface area contributed by atoms with E-state index in [1.807, 2.05) is 38.5 Å². The summed E-state index contributed by atoms with van der Waals surface area (Å²) in [5.74, 6) is 2.87. The Labute approximate surface area is 190 Å². The van der Waals surface area contributed by atoms with E-state index in [4.69, 9.17) is 4.74 Å². The lowest BCUT2D eigenvalue weighted by atomic mass is 10.1. The lowest BCUT2D eigenvalue weighted by molar-refractivity contribution is 0.372. The molecule has 1 aliphatic heterocycles. The van der Waals surface area contributed by atoms with Crippen LogP contribution in [0.3, 0.4) is 0 Å². The van der Waals surface area contributed by atoms with Crippen LogP contribution in [0.2, 0.25) is 0 Å². The molecule has 7 nitrogen and oxygen atoms in total. The highest BCUT2D eigenvalue weighted by Crippen LogP contribution is 2.20. The van der Waals surface area contributed by atoms with E-state index in [1.165, 1.54) is 16.8 Å². The number of aliphatic imine (C=N–C) groups is 1. The minimum absolute atomic E-state index is 0.752. The molecule has 2 aromatic carbocycles. The number of anilines is 1. The predicted octanol–water partition coefficient (Wildman–Crippen LogP) is 3.15. The summed E-state index contributed by atoms with van der Waals surface area (Å²) in [5, 5.41) is 3.54. The number of nitrogens with zero attached hydrogens (tertiary/aromatic N) is 5. The fraction of sp³-hybridized carbons (Fsp3) is 0.360.